The predicted molar refractivity (Wildman–Crippen MR) is 60.7 cm³/mol. The molecule has 0 spiro atoms. The van der Waals surface area contributed by atoms with Crippen LogP contribution in [0, 0.1) is 17.8 Å². The third kappa shape index (κ3) is 2.98. The molecule has 3 unspecified atom stereocenters. The molecule has 0 amide bonds. The zero-order valence-electron chi connectivity index (χ0n) is 9.92. The van der Waals surface area contributed by atoms with E-state index in [1.807, 2.05) is 0 Å². The van der Waals surface area contributed by atoms with Gasteiger partial charge in [0.2, 0.25) is 0 Å². The van der Waals surface area contributed by atoms with Crippen molar-refractivity contribution < 1.29 is 22.1 Å². The van der Waals surface area contributed by atoms with Crippen LogP contribution in [0.2, 0.25) is 0 Å². The minimum Gasteiger partial charge on any atom is -0.464 e. The summed E-state index contributed by atoms with van der Waals surface area (Å²) >= 11 is 0. The van der Waals surface area contributed by atoms with Gasteiger partial charge in [0, 0.05) is 0 Å². The van der Waals surface area contributed by atoms with Gasteiger partial charge < -0.3 is 4.74 Å². The van der Waals surface area contributed by atoms with Crippen molar-refractivity contribution in [3.63, 3.8) is 0 Å². The van der Waals surface area contributed by atoms with Crippen LogP contribution < -0.4 is 0 Å². The fourth-order valence-corrected chi connectivity index (χ4v) is 3.42. The van der Waals surface area contributed by atoms with Crippen molar-refractivity contribution in [2.45, 2.75) is 25.7 Å². The van der Waals surface area contributed by atoms with E-state index in [9.17, 15) is 13.2 Å². The number of rotatable bonds is 5. The van der Waals surface area contributed by atoms with E-state index >= 15 is 0 Å². The molecule has 5 nitrogen and oxygen atoms in total. The molecule has 2 saturated carbocycles. The smallest absolute Gasteiger partial charge is 0.309 e. The molecule has 2 aliphatic carbocycles. The molecular weight excluding hydrogens is 244 g/mol. The van der Waals surface area contributed by atoms with Gasteiger partial charge in [-0.2, -0.15) is 8.42 Å². The van der Waals surface area contributed by atoms with Gasteiger partial charge in [-0.15, -0.1) is 0 Å². The fourth-order valence-electron chi connectivity index (χ4n) is 2.97. The van der Waals surface area contributed by atoms with Gasteiger partial charge in [0.05, 0.1) is 13.0 Å². The zero-order chi connectivity index (χ0) is 12.5. The summed E-state index contributed by atoms with van der Waals surface area (Å²) in [5.41, 5.74) is 0. The van der Waals surface area contributed by atoms with E-state index in [1.54, 1.807) is 0 Å². The highest BCUT2D eigenvalue weighted by Gasteiger charge is 2.43. The molecule has 98 valence electrons. The first kappa shape index (κ1) is 12.8. The minimum absolute atomic E-state index is 0.000927. The Labute approximate surface area is 102 Å². The van der Waals surface area contributed by atoms with Crippen molar-refractivity contribution in [3.05, 3.63) is 0 Å². The van der Waals surface area contributed by atoms with Crippen LogP contribution in [0.4, 0.5) is 0 Å². The van der Waals surface area contributed by atoms with Crippen molar-refractivity contribution in [2.24, 2.45) is 17.8 Å². The van der Waals surface area contributed by atoms with Gasteiger partial charge in [-0.3, -0.25) is 8.98 Å². The molecule has 0 N–H and O–H groups in total. The minimum atomic E-state index is -3.53. The lowest BCUT2D eigenvalue weighted by molar-refractivity contribution is -0.149. The zero-order valence-corrected chi connectivity index (χ0v) is 10.7. The number of hydrogen-bond acceptors (Lipinski definition) is 5. The lowest BCUT2D eigenvalue weighted by Gasteiger charge is -2.19. The molecule has 2 aliphatic rings. The highest BCUT2D eigenvalue weighted by atomic mass is 32.2. The van der Waals surface area contributed by atoms with Crippen molar-refractivity contribution in [2.75, 3.05) is 19.5 Å². The summed E-state index contributed by atoms with van der Waals surface area (Å²) in [7, 11) is -2.42. The van der Waals surface area contributed by atoms with E-state index in [0.717, 1.165) is 26.4 Å². The molecule has 0 radical (unpaired) electrons. The Hall–Kier alpha value is -0.620. The Bertz CT molecular complexity index is 389. The molecular formula is C11H18O5S. The molecule has 0 heterocycles. The third-order valence-electron chi connectivity index (χ3n) is 3.87. The summed E-state index contributed by atoms with van der Waals surface area (Å²) in [4.78, 5) is 11.8. The van der Waals surface area contributed by atoms with Crippen LogP contribution in [0.25, 0.3) is 0 Å². The number of carbonyl (C=O) groups excluding carboxylic acids is 1. The second-order valence-electron chi connectivity index (χ2n) is 4.88. The van der Waals surface area contributed by atoms with E-state index in [4.69, 9.17) is 4.74 Å². The summed E-state index contributed by atoms with van der Waals surface area (Å²) in [6.07, 6.45) is 4.39. The summed E-state index contributed by atoms with van der Waals surface area (Å²) in [5.74, 6) is 0.644. The fraction of sp³-hybridized carbons (Fsp3) is 0.909. The summed E-state index contributed by atoms with van der Waals surface area (Å²) in [5, 5.41) is 0. The average Bonchev–Trinajstić information content (AvgIpc) is 2.90. The Morgan fingerprint density at radius 3 is 2.59 bits per heavy atom. The van der Waals surface area contributed by atoms with Crippen molar-refractivity contribution >= 4 is 16.1 Å². The van der Waals surface area contributed by atoms with E-state index < -0.39 is 10.1 Å². The van der Waals surface area contributed by atoms with Crippen LogP contribution >= 0.6 is 0 Å². The van der Waals surface area contributed by atoms with E-state index in [1.165, 1.54) is 6.42 Å². The molecule has 2 rings (SSSR count). The lowest BCUT2D eigenvalue weighted by Crippen LogP contribution is -2.25. The Morgan fingerprint density at radius 2 is 2.06 bits per heavy atom. The monoisotopic (exact) mass is 262 g/mol. The van der Waals surface area contributed by atoms with Gasteiger partial charge in [-0.05, 0) is 31.1 Å². The van der Waals surface area contributed by atoms with E-state index in [-0.39, 0.29) is 24.2 Å². The maximum Gasteiger partial charge on any atom is 0.309 e. The van der Waals surface area contributed by atoms with Crippen molar-refractivity contribution in [1.82, 2.24) is 0 Å². The standard InChI is InChI=1S/C11H18O5S/c1-15-17(13,14)5-4-16-11(12)10-7-8-2-3-9(10)6-8/h8-10H,2-7H2,1H3. The largest absolute Gasteiger partial charge is 0.464 e. The number of carbonyl (C=O) groups is 1. The van der Waals surface area contributed by atoms with Crippen molar-refractivity contribution in [1.29, 1.82) is 0 Å². The predicted octanol–water partition coefficient (Wildman–Crippen LogP) is 0.942. The molecule has 0 aromatic rings. The van der Waals surface area contributed by atoms with Gasteiger partial charge in [-0.1, -0.05) is 6.42 Å². The van der Waals surface area contributed by atoms with Gasteiger partial charge in [0.1, 0.15) is 12.4 Å². The molecule has 0 aromatic heterocycles. The first-order chi connectivity index (χ1) is 8.02. The molecule has 17 heavy (non-hydrogen) atoms. The Kier molecular flexibility index (Phi) is 3.73. The number of ether oxygens (including phenoxy) is 1. The maximum atomic E-state index is 11.8. The first-order valence-corrected chi connectivity index (χ1v) is 7.54. The van der Waals surface area contributed by atoms with Gasteiger partial charge in [-0.25, -0.2) is 0 Å². The van der Waals surface area contributed by atoms with Crippen LogP contribution in [-0.4, -0.2) is 33.9 Å². The highest BCUT2D eigenvalue weighted by molar-refractivity contribution is 7.86. The van der Waals surface area contributed by atoms with E-state index in [2.05, 4.69) is 4.18 Å². The highest BCUT2D eigenvalue weighted by Crippen LogP contribution is 2.48. The second kappa shape index (κ2) is 4.94. The Balaban J connectivity index is 1.75. The summed E-state index contributed by atoms with van der Waals surface area (Å²) in [6, 6.07) is 0. The Morgan fingerprint density at radius 1 is 1.29 bits per heavy atom. The second-order valence-corrected chi connectivity index (χ2v) is 6.73. The SMILES string of the molecule is COS(=O)(=O)CCOC(=O)C1CC2CCC1C2. The molecule has 3 atom stereocenters. The van der Waals surface area contributed by atoms with Crippen LogP contribution in [0.15, 0.2) is 0 Å². The van der Waals surface area contributed by atoms with Crippen LogP contribution in [0.5, 0.6) is 0 Å². The molecule has 0 aliphatic heterocycles. The van der Waals surface area contributed by atoms with Crippen LogP contribution in [-0.2, 0) is 23.8 Å². The topological polar surface area (TPSA) is 69.7 Å². The quantitative estimate of drug-likeness (QED) is 0.545. The maximum absolute atomic E-state index is 11.8. The van der Waals surface area contributed by atoms with Gasteiger partial charge in [0.25, 0.3) is 10.1 Å². The average molecular weight is 262 g/mol. The third-order valence-corrected chi connectivity index (χ3v) is 5.05. The normalized spacial score (nSPS) is 31.7. The molecule has 0 saturated heterocycles. The lowest BCUT2D eigenvalue weighted by atomic mass is 9.89. The molecule has 2 fully saturated rings. The summed E-state index contributed by atoms with van der Waals surface area (Å²) in [6.45, 7) is -0.108. The molecule has 0 aromatic carbocycles. The first-order valence-electron chi connectivity index (χ1n) is 5.97. The summed E-state index contributed by atoms with van der Waals surface area (Å²) < 4.78 is 31.3. The number of hydrogen-bond donors (Lipinski definition) is 0. The number of fused-ring (bicyclic) bond motifs is 2. The van der Waals surface area contributed by atoms with Gasteiger partial charge >= 0.3 is 5.97 Å². The van der Waals surface area contributed by atoms with Crippen LogP contribution in [0.1, 0.15) is 25.7 Å². The van der Waals surface area contributed by atoms with Crippen molar-refractivity contribution in [3.8, 4) is 0 Å². The molecule has 2 bridgehead atoms. The number of esters is 1. The molecule has 6 heteroatoms. The van der Waals surface area contributed by atoms with Gasteiger partial charge in [0.15, 0.2) is 0 Å². The van der Waals surface area contributed by atoms with E-state index in [0.29, 0.717) is 11.8 Å². The van der Waals surface area contributed by atoms with Crippen LogP contribution in [0.3, 0.4) is 0 Å².